The van der Waals surface area contributed by atoms with Gasteiger partial charge in [0.25, 0.3) is 0 Å². The summed E-state index contributed by atoms with van der Waals surface area (Å²) in [6, 6.07) is 10.4. The van der Waals surface area contributed by atoms with E-state index in [-0.39, 0.29) is 0 Å². The molecule has 1 aromatic carbocycles. The van der Waals surface area contributed by atoms with Gasteiger partial charge in [0.05, 0.1) is 5.02 Å². The number of rotatable bonds is 5. The largest absolute Gasteiger partial charge is 0.310 e. The van der Waals surface area contributed by atoms with Crippen molar-refractivity contribution in [1.29, 1.82) is 0 Å². The van der Waals surface area contributed by atoms with Gasteiger partial charge in [-0.15, -0.1) is 11.3 Å². The molecule has 1 heterocycles. The SMILES string of the molecule is CCNC(CC)c1ccc(-c2ccc(Cl)cc2Cl)s1. The van der Waals surface area contributed by atoms with Gasteiger partial charge in [-0.05, 0) is 37.2 Å². The molecule has 0 aliphatic rings. The molecule has 0 radical (unpaired) electrons. The standard InChI is InChI=1S/C15H17Cl2NS/c1-3-13(18-4-2)15-8-7-14(19-15)11-6-5-10(16)9-12(11)17/h5-9,13,18H,3-4H2,1-2H3. The van der Waals surface area contributed by atoms with E-state index in [1.54, 1.807) is 17.4 Å². The molecule has 1 N–H and O–H groups in total. The van der Waals surface area contributed by atoms with Crippen LogP contribution in [-0.2, 0) is 0 Å². The average molecular weight is 314 g/mol. The minimum Gasteiger partial charge on any atom is -0.310 e. The molecular weight excluding hydrogens is 297 g/mol. The number of nitrogens with one attached hydrogen (secondary N) is 1. The summed E-state index contributed by atoms with van der Waals surface area (Å²) in [4.78, 5) is 2.54. The van der Waals surface area contributed by atoms with Gasteiger partial charge in [-0.1, -0.05) is 43.1 Å². The van der Waals surface area contributed by atoms with Crippen LogP contribution in [0.5, 0.6) is 0 Å². The van der Waals surface area contributed by atoms with E-state index in [4.69, 9.17) is 23.2 Å². The molecule has 4 heteroatoms. The van der Waals surface area contributed by atoms with Gasteiger partial charge in [-0.2, -0.15) is 0 Å². The van der Waals surface area contributed by atoms with Crippen LogP contribution in [0, 0.1) is 0 Å². The molecular formula is C15H17Cl2NS. The van der Waals surface area contributed by atoms with Gasteiger partial charge < -0.3 is 5.32 Å². The maximum Gasteiger partial charge on any atom is 0.0507 e. The van der Waals surface area contributed by atoms with Crippen LogP contribution in [0.15, 0.2) is 30.3 Å². The fourth-order valence-electron chi connectivity index (χ4n) is 2.07. The molecule has 102 valence electrons. The van der Waals surface area contributed by atoms with Crippen LogP contribution in [0.3, 0.4) is 0 Å². The van der Waals surface area contributed by atoms with Crippen molar-refractivity contribution in [3.63, 3.8) is 0 Å². The van der Waals surface area contributed by atoms with Gasteiger partial charge >= 0.3 is 0 Å². The molecule has 2 aromatic rings. The highest BCUT2D eigenvalue weighted by Gasteiger charge is 2.13. The van der Waals surface area contributed by atoms with Crippen LogP contribution in [0.1, 0.15) is 31.2 Å². The Hall–Kier alpha value is -0.540. The summed E-state index contributed by atoms with van der Waals surface area (Å²) in [6.07, 6.45) is 1.09. The Kier molecular flexibility index (Phi) is 5.28. The van der Waals surface area contributed by atoms with E-state index in [1.807, 2.05) is 12.1 Å². The quantitative estimate of drug-likeness (QED) is 0.737. The molecule has 0 saturated heterocycles. The van der Waals surface area contributed by atoms with Crippen LogP contribution in [0.2, 0.25) is 10.0 Å². The topological polar surface area (TPSA) is 12.0 Å². The number of hydrogen-bond donors (Lipinski definition) is 1. The van der Waals surface area contributed by atoms with E-state index in [0.717, 1.165) is 18.5 Å². The van der Waals surface area contributed by atoms with Crippen LogP contribution in [-0.4, -0.2) is 6.54 Å². The van der Waals surface area contributed by atoms with Crippen LogP contribution in [0.25, 0.3) is 10.4 Å². The summed E-state index contributed by atoms with van der Waals surface area (Å²) in [6.45, 7) is 5.31. The smallest absolute Gasteiger partial charge is 0.0507 e. The van der Waals surface area contributed by atoms with Gasteiger partial charge in [0.1, 0.15) is 0 Å². The second-order valence-electron chi connectivity index (χ2n) is 4.34. The predicted molar refractivity (Wildman–Crippen MR) is 86.5 cm³/mol. The third-order valence-corrected chi connectivity index (χ3v) is 4.81. The predicted octanol–water partition coefficient (Wildman–Crippen LogP) is 5.78. The van der Waals surface area contributed by atoms with E-state index in [2.05, 4.69) is 31.3 Å². The number of halogens is 2. The lowest BCUT2D eigenvalue weighted by Crippen LogP contribution is -2.18. The highest BCUT2D eigenvalue weighted by Crippen LogP contribution is 2.37. The number of benzene rings is 1. The minimum atomic E-state index is 0.426. The summed E-state index contributed by atoms with van der Waals surface area (Å²) in [7, 11) is 0. The van der Waals surface area contributed by atoms with Gasteiger partial charge in [-0.3, -0.25) is 0 Å². The lowest BCUT2D eigenvalue weighted by molar-refractivity contribution is 0.545. The first kappa shape index (κ1) is 14.9. The second kappa shape index (κ2) is 6.76. The van der Waals surface area contributed by atoms with Crippen molar-refractivity contribution in [3.05, 3.63) is 45.3 Å². The van der Waals surface area contributed by atoms with Crippen molar-refractivity contribution in [2.75, 3.05) is 6.54 Å². The zero-order valence-corrected chi connectivity index (χ0v) is 13.4. The first-order valence-corrected chi connectivity index (χ1v) is 8.01. The Bertz CT molecular complexity index is 551. The first-order chi connectivity index (χ1) is 9.15. The van der Waals surface area contributed by atoms with Crippen molar-refractivity contribution < 1.29 is 0 Å². The Balaban J connectivity index is 2.29. The molecule has 1 atom stereocenters. The maximum atomic E-state index is 6.25. The van der Waals surface area contributed by atoms with Gasteiger partial charge in [0, 0.05) is 26.4 Å². The Morgan fingerprint density at radius 1 is 1.16 bits per heavy atom. The normalized spacial score (nSPS) is 12.6. The summed E-state index contributed by atoms with van der Waals surface area (Å²) in [5.74, 6) is 0. The molecule has 0 bridgehead atoms. The molecule has 0 fully saturated rings. The Labute approximate surface area is 128 Å². The fraction of sp³-hybridized carbons (Fsp3) is 0.333. The molecule has 1 nitrogen and oxygen atoms in total. The van der Waals surface area contributed by atoms with Crippen molar-refractivity contribution in [1.82, 2.24) is 5.32 Å². The lowest BCUT2D eigenvalue weighted by atomic mass is 10.1. The molecule has 0 saturated carbocycles. The van der Waals surface area contributed by atoms with E-state index < -0.39 is 0 Å². The second-order valence-corrected chi connectivity index (χ2v) is 6.30. The number of thiophene rings is 1. The molecule has 1 aromatic heterocycles. The first-order valence-electron chi connectivity index (χ1n) is 6.44. The minimum absolute atomic E-state index is 0.426. The van der Waals surface area contributed by atoms with Crippen molar-refractivity contribution >= 4 is 34.5 Å². The average Bonchev–Trinajstić information content (AvgIpc) is 2.85. The maximum absolute atomic E-state index is 6.25. The molecule has 1 unspecified atom stereocenters. The molecule has 0 spiro atoms. The summed E-state index contributed by atoms with van der Waals surface area (Å²) >= 11 is 14.0. The van der Waals surface area contributed by atoms with Gasteiger partial charge in [0.2, 0.25) is 0 Å². The summed E-state index contributed by atoms with van der Waals surface area (Å²) in [5, 5.41) is 4.87. The molecule has 2 rings (SSSR count). The fourth-order valence-corrected chi connectivity index (χ4v) is 3.84. The Morgan fingerprint density at radius 3 is 2.58 bits per heavy atom. The van der Waals surface area contributed by atoms with E-state index in [0.29, 0.717) is 16.1 Å². The van der Waals surface area contributed by atoms with Gasteiger partial charge in [0.15, 0.2) is 0 Å². The highest BCUT2D eigenvalue weighted by molar-refractivity contribution is 7.15. The third kappa shape index (κ3) is 3.51. The highest BCUT2D eigenvalue weighted by atomic mass is 35.5. The zero-order chi connectivity index (χ0) is 13.8. The van der Waals surface area contributed by atoms with Crippen LogP contribution in [0.4, 0.5) is 0 Å². The number of hydrogen-bond acceptors (Lipinski definition) is 2. The van der Waals surface area contributed by atoms with Crippen LogP contribution >= 0.6 is 34.5 Å². The van der Waals surface area contributed by atoms with E-state index >= 15 is 0 Å². The van der Waals surface area contributed by atoms with Crippen molar-refractivity contribution in [2.45, 2.75) is 26.3 Å². The van der Waals surface area contributed by atoms with E-state index in [9.17, 15) is 0 Å². The van der Waals surface area contributed by atoms with E-state index in [1.165, 1.54) is 9.75 Å². The molecule has 0 aliphatic heterocycles. The Morgan fingerprint density at radius 2 is 1.95 bits per heavy atom. The third-order valence-electron chi connectivity index (χ3n) is 3.03. The van der Waals surface area contributed by atoms with Crippen molar-refractivity contribution in [3.8, 4) is 10.4 Å². The molecule has 19 heavy (non-hydrogen) atoms. The van der Waals surface area contributed by atoms with Crippen LogP contribution < -0.4 is 5.32 Å². The zero-order valence-electron chi connectivity index (χ0n) is 11.0. The summed E-state index contributed by atoms with van der Waals surface area (Å²) < 4.78 is 0. The monoisotopic (exact) mass is 313 g/mol. The molecule has 0 amide bonds. The molecule has 0 aliphatic carbocycles. The summed E-state index contributed by atoms with van der Waals surface area (Å²) in [5.41, 5.74) is 1.05. The van der Waals surface area contributed by atoms with Crippen molar-refractivity contribution in [2.24, 2.45) is 0 Å². The lowest BCUT2D eigenvalue weighted by Gasteiger charge is -2.13. The van der Waals surface area contributed by atoms with Gasteiger partial charge in [-0.25, -0.2) is 0 Å².